The number of halogens is 3. The predicted molar refractivity (Wildman–Crippen MR) is 68.5 cm³/mol. The van der Waals surface area contributed by atoms with Crippen molar-refractivity contribution in [1.82, 2.24) is 15.0 Å². The molecule has 0 saturated heterocycles. The van der Waals surface area contributed by atoms with Gasteiger partial charge < -0.3 is 10.5 Å². The molecule has 5 nitrogen and oxygen atoms in total. The summed E-state index contributed by atoms with van der Waals surface area (Å²) in [4.78, 5) is 11.1. The molecule has 0 saturated carbocycles. The largest absolute Gasteiger partial charge is 0.423 e. The Bertz CT molecular complexity index is 546. The monoisotopic (exact) mass is 334 g/mol. The maximum atomic E-state index is 5.97. The summed E-state index contributed by atoms with van der Waals surface area (Å²) >= 11 is 14.9. The average Bonchev–Trinajstić information content (AvgIpc) is 2.21. The minimum absolute atomic E-state index is 0.00766. The second-order valence-corrected chi connectivity index (χ2v) is 4.58. The van der Waals surface area contributed by atoms with Crippen LogP contribution in [0.15, 0.2) is 22.7 Å². The summed E-state index contributed by atoms with van der Waals surface area (Å²) in [6, 6.07) is 5.11. The molecular weight excluding hydrogens is 331 g/mol. The highest BCUT2D eigenvalue weighted by atomic mass is 79.9. The van der Waals surface area contributed by atoms with Gasteiger partial charge in [-0.2, -0.15) is 15.0 Å². The van der Waals surface area contributed by atoms with Crippen LogP contribution in [0.3, 0.4) is 0 Å². The molecule has 0 aliphatic carbocycles. The fourth-order valence-electron chi connectivity index (χ4n) is 1.05. The number of nitrogen functional groups attached to an aromatic ring is 1. The molecular formula is C9H5BrCl2N4O. The molecule has 0 fully saturated rings. The highest BCUT2D eigenvalue weighted by Crippen LogP contribution is 2.30. The van der Waals surface area contributed by atoms with Gasteiger partial charge in [-0.25, -0.2) is 0 Å². The molecule has 0 bridgehead atoms. The Balaban J connectivity index is 2.31. The van der Waals surface area contributed by atoms with Crippen LogP contribution < -0.4 is 10.5 Å². The molecule has 0 aliphatic rings. The maximum absolute atomic E-state index is 5.97. The molecule has 88 valence electrons. The van der Waals surface area contributed by atoms with E-state index in [0.717, 1.165) is 4.47 Å². The first-order chi connectivity index (χ1) is 8.04. The number of anilines is 1. The zero-order valence-corrected chi connectivity index (χ0v) is 11.3. The van der Waals surface area contributed by atoms with E-state index < -0.39 is 0 Å². The lowest BCUT2D eigenvalue weighted by atomic mass is 10.3. The lowest BCUT2D eigenvalue weighted by molar-refractivity contribution is 0.441. The second kappa shape index (κ2) is 5.03. The lowest BCUT2D eigenvalue weighted by Gasteiger charge is -2.06. The quantitative estimate of drug-likeness (QED) is 0.911. The van der Waals surface area contributed by atoms with Crippen molar-refractivity contribution < 1.29 is 4.74 Å². The van der Waals surface area contributed by atoms with Crippen molar-refractivity contribution in [3.8, 4) is 11.8 Å². The Labute approximate surface area is 115 Å². The second-order valence-electron chi connectivity index (χ2n) is 2.92. The highest BCUT2D eigenvalue weighted by Gasteiger charge is 2.08. The molecule has 8 heteroatoms. The number of ether oxygens (including phenoxy) is 1. The first-order valence-corrected chi connectivity index (χ1v) is 5.89. The summed E-state index contributed by atoms with van der Waals surface area (Å²) in [6.07, 6.45) is 0. The van der Waals surface area contributed by atoms with Crippen LogP contribution in [0.4, 0.5) is 5.95 Å². The molecule has 0 amide bonds. The van der Waals surface area contributed by atoms with Gasteiger partial charge >= 0.3 is 6.01 Å². The highest BCUT2D eigenvalue weighted by molar-refractivity contribution is 9.10. The zero-order valence-electron chi connectivity index (χ0n) is 8.19. The van der Waals surface area contributed by atoms with E-state index in [1.54, 1.807) is 18.2 Å². The molecule has 0 unspecified atom stereocenters. The van der Waals surface area contributed by atoms with E-state index in [-0.39, 0.29) is 17.2 Å². The zero-order chi connectivity index (χ0) is 12.4. The predicted octanol–water partition coefficient (Wildman–Crippen LogP) is 3.32. The van der Waals surface area contributed by atoms with Crippen LogP contribution in [0.5, 0.6) is 11.8 Å². The van der Waals surface area contributed by atoms with Crippen molar-refractivity contribution >= 4 is 45.1 Å². The molecule has 0 radical (unpaired) electrons. The Morgan fingerprint density at radius 3 is 2.59 bits per heavy atom. The lowest BCUT2D eigenvalue weighted by Crippen LogP contribution is -2.00. The summed E-state index contributed by atoms with van der Waals surface area (Å²) in [5, 5.41) is 0.371. The minimum Gasteiger partial charge on any atom is -0.423 e. The number of hydrogen-bond donors (Lipinski definition) is 1. The summed E-state index contributed by atoms with van der Waals surface area (Å²) in [7, 11) is 0. The first-order valence-electron chi connectivity index (χ1n) is 4.34. The molecule has 2 aromatic rings. The summed E-state index contributed by atoms with van der Waals surface area (Å²) < 4.78 is 6.18. The van der Waals surface area contributed by atoms with Crippen LogP contribution in [0.25, 0.3) is 0 Å². The van der Waals surface area contributed by atoms with Crippen LogP contribution in [0, 0.1) is 0 Å². The van der Waals surface area contributed by atoms with Crippen molar-refractivity contribution in [2.24, 2.45) is 0 Å². The average molecular weight is 336 g/mol. The molecule has 1 aromatic carbocycles. The molecule has 17 heavy (non-hydrogen) atoms. The Morgan fingerprint density at radius 1 is 1.18 bits per heavy atom. The van der Waals surface area contributed by atoms with E-state index in [1.807, 2.05) is 0 Å². The minimum atomic E-state index is -0.0410. The fraction of sp³-hybridized carbons (Fsp3) is 0. The van der Waals surface area contributed by atoms with Gasteiger partial charge in [-0.1, -0.05) is 27.5 Å². The molecule has 2 N–H and O–H groups in total. The summed E-state index contributed by atoms with van der Waals surface area (Å²) in [5.74, 6) is 0.379. The van der Waals surface area contributed by atoms with Crippen molar-refractivity contribution in [3.63, 3.8) is 0 Å². The van der Waals surface area contributed by atoms with Gasteiger partial charge in [0.05, 0.1) is 5.02 Å². The maximum Gasteiger partial charge on any atom is 0.328 e. The van der Waals surface area contributed by atoms with Gasteiger partial charge in [-0.3, -0.25) is 0 Å². The number of nitrogens with two attached hydrogens (primary N) is 1. The third kappa shape index (κ3) is 3.18. The fourth-order valence-corrected chi connectivity index (χ4v) is 1.92. The van der Waals surface area contributed by atoms with E-state index in [4.69, 9.17) is 33.7 Å². The molecule has 2 rings (SSSR count). The van der Waals surface area contributed by atoms with Crippen molar-refractivity contribution in [2.45, 2.75) is 0 Å². The van der Waals surface area contributed by atoms with Crippen molar-refractivity contribution in [2.75, 3.05) is 5.73 Å². The third-order valence-corrected chi connectivity index (χ3v) is 2.66. The number of hydrogen-bond acceptors (Lipinski definition) is 5. The van der Waals surface area contributed by atoms with E-state index in [9.17, 15) is 0 Å². The number of benzene rings is 1. The summed E-state index contributed by atoms with van der Waals surface area (Å²) in [5.41, 5.74) is 5.41. The van der Waals surface area contributed by atoms with Crippen LogP contribution in [-0.2, 0) is 0 Å². The normalized spacial score (nSPS) is 10.3. The SMILES string of the molecule is Nc1nc(Cl)nc(Oc2ccc(Br)cc2Cl)n1. The van der Waals surface area contributed by atoms with Gasteiger partial charge in [-0.05, 0) is 29.8 Å². The van der Waals surface area contributed by atoms with Gasteiger partial charge in [0.1, 0.15) is 5.75 Å². The van der Waals surface area contributed by atoms with E-state index in [2.05, 4.69) is 30.9 Å². The number of aromatic nitrogens is 3. The summed E-state index contributed by atoms with van der Waals surface area (Å²) in [6.45, 7) is 0. The molecule has 1 heterocycles. The van der Waals surface area contributed by atoms with Gasteiger partial charge in [0.15, 0.2) is 0 Å². The molecule has 0 atom stereocenters. The molecule has 0 aliphatic heterocycles. The van der Waals surface area contributed by atoms with Gasteiger partial charge in [0.2, 0.25) is 11.2 Å². The smallest absolute Gasteiger partial charge is 0.328 e. The van der Waals surface area contributed by atoms with E-state index in [1.165, 1.54) is 0 Å². The Kier molecular flexibility index (Phi) is 3.66. The standard InChI is InChI=1S/C9H5BrCl2N4O/c10-4-1-2-6(5(11)3-4)17-9-15-7(12)14-8(13)16-9/h1-3H,(H2,13,14,15,16). The Morgan fingerprint density at radius 2 is 1.94 bits per heavy atom. The van der Waals surface area contributed by atoms with Crippen molar-refractivity contribution in [3.05, 3.63) is 33.0 Å². The topological polar surface area (TPSA) is 73.9 Å². The van der Waals surface area contributed by atoms with Crippen molar-refractivity contribution in [1.29, 1.82) is 0 Å². The molecule has 0 spiro atoms. The number of nitrogens with zero attached hydrogens (tertiary/aromatic N) is 3. The van der Waals surface area contributed by atoms with Crippen LogP contribution in [0.2, 0.25) is 10.3 Å². The van der Waals surface area contributed by atoms with E-state index in [0.29, 0.717) is 10.8 Å². The van der Waals surface area contributed by atoms with Crippen LogP contribution >= 0.6 is 39.1 Å². The van der Waals surface area contributed by atoms with Gasteiger partial charge in [-0.15, -0.1) is 0 Å². The molecule has 1 aromatic heterocycles. The third-order valence-electron chi connectivity index (χ3n) is 1.70. The van der Waals surface area contributed by atoms with Crippen LogP contribution in [-0.4, -0.2) is 15.0 Å². The first kappa shape index (κ1) is 12.3. The van der Waals surface area contributed by atoms with Gasteiger partial charge in [0, 0.05) is 4.47 Å². The number of rotatable bonds is 2. The van der Waals surface area contributed by atoms with E-state index >= 15 is 0 Å². The van der Waals surface area contributed by atoms with Gasteiger partial charge in [0.25, 0.3) is 0 Å². The van der Waals surface area contributed by atoms with Crippen LogP contribution in [0.1, 0.15) is 0 Å². The Hall–Kier alpha value is -1.11.